The van der Waals surface area contributed by atoms with E-state index < -0.39 is 11.3 Å². The molecule has 0 spiro atoms. The molecule has 3 nitrogen and oxygen atoms in total. The van der Waals surface area contributed by atoms with E-state index in [4.69, 9.17) is 0 Å². The first kappa shape index (κ1) is 10.6. The molecule has 0 fully saturated rings. The van der Waals surface area contributed by atoms with E-state index in [9.17, 15) is 18.9 Å². The first-order valence-electron chi connectivity index (χ1n) is 3.97. The molecule has 14 heavy (non-hydrogen) atoms. The summed E-state index contributed by atoms with van der Waals surface area (Å²) in [6.07, 6.45) is -2.67. The summed E-state index contributed by atoms with van der Waals surface area (Å²) in [6.45, 7) is 3.04. The van der Waals surface area contributed by atoms with Gasteiger partial charge in [0.15, 0.2) is 0 Å². The predicted molar refractivity (Wildman–Crippen MR) is 47.5 cm³/mol. The van der Waals surface area contributed by atoms with Crippen LogP contribution in [0.15, 0.2) is 12.1 Å². The van der Waals surface area contributed by atoms with Crippen LogP contribution in [-0.2, 0) is 0 Å². The molecule has 0 aliphatic rings. The highest BCUT2D eigenvalue weighted by molar-refractivity contribution is 5.46. The van der Waals surface area contributed by atoms with Crippen LogP contribution in [0.25, 0.3) is 0 Å². The number of hydrogen-bond acceptors (Lipinski definition) is 2. The third-order valence-corrected chi connectivity index (χ3v) is 2.02. The fourth-order valence-corrected chi connectivity index (χ4v) is 1.29. The lowest BCUT2D eigenvalue weighted by Gasteiger charge is -2.05. The first-order chi connectivity index (χ1) is 6.43. The van der Waals surface area contributed by atoms with Crippen molar-refractivity contribution < 1.29 is 13.7 Å². The van der Waals surface area contributed by atoms with E-state index >= 15 is 0 Å². The maximum atomic E-state index is 12.4. The molecular weight excluding hydrogens is 192 g/mol. The minimum Gasteiger partial charge on any atom is -0.258 e. The Balaban J connectivity index is 3.34. The molecule has 0 aliphatic heterocycles. The normalized spacial score (nSPS) is 10.6. The van der Waals surface area contributed by atoms with Crippen molar-refractivity contribution in [1.82, 2.24) is 0 Å². The van der Waals surface area contributed by atoms with Gasteiger partial charge < -0.3 is 0 Å². The standard InChI is InChI=1S/C9H9F2NO2/c1-5-3-6(2)8(12(13)14)4-7(5)9(10)11/h3-4,9H,1-2H3. The van der Waals surface area contributed by atoms with Gasteiger partial charge in [-0.15, -0.1) is 0 Å². The van der Waals surface area contributed by atoms with E-state index in [1.54, 1.807) is 0 Å². The molecule has 0 aliphatic carbocycles. The quantitative estimate of drug-likeness (QED) is 0.544. The molecular formula is C9H9F2NO2. The summed E-state index contributed by atoms with van der Waals surface area (Å²) in [6, 6.07) is 2.34. The van der Waals surface area contributed by atoms with Crippen LogP contribution >= 0.6 is 0 Å². The molecule has 5 heteroatoms. The number of nitro groups is 1. The van der Waals surface area contributed by atoms with Crippen LogP contribution in [0, 0.1) is 24.0 Å². The second-order valence-corrected chi connectivity index (χ2v) is 3.05. The van der Waals surface area contributed by atoms with Crippen LogP contribution in [0.4, 0.5) is 14.5 Å². The first-order valence-corrected chi connectivity index (χ1v) is 3.97. The Hall–Kier alpha value is -1.52. The third-order valence-electron chi connectivity index (χ3n) is 2.02. The lowest BCUT2D eigenvalue weighted by molar-refractivity contribution is -0.385. The van der Waals surface area contributed by atoms with Crippen molar-refractivity contribution in [1.29, 1.82) is 0 Å². The fraction of sp³-hybridized carbons (Fsp3) is 0.333. The summed E-state index contributed by atoms with van der Waals surface area (Å²) in [7, 11) is 0. The van der Waals surface area contributed by atoms with Gasteiger partial charge in [-0.3, -0.25) is 10.1 Å². The minimum absolute atomic E-state index is 0.258. The van der Waals surface area contributed by atoms with Crippen molar-refractivity contribution in [3.8, 4) is 0 Å². The van der Waals surface area contributed by atoms with E-state index in [1.807, 2.05) is 0 Å². The zero-order chi connectivity index (χ0) is 10.9. The summed E-state index contributed by atoms with van der Waals surface area (Å²) >= 11 is 0. The van der Waals surface area contributed by atoms with E-state index in [1.165, 1.54) is 19.9 Å². The number of hydrogen-bond donors (Lipinski definition) is 0. The second-order valence-electron chi connectivity index (χ2n) is 3.05. The monoisotopic (exact) mass is 201 g/mol. The molecule has 0 atom stereocenters. The molecule has 0 amide bonds. The average Bonchev–Trinajstić information content (AvgIpc) is 2.02. The van der Waals surface area contributed by atoms with Gasteiger partial charge in [-0.1, -0.05) is 0 Å². The Kier molecular flexibility index (Phi) is 2.78. The van der Waals surface area contributed by atoms with Gasteiger partial charge in [-0.05, 0) is 25.5 Å². The van der Waals surface area contributed by atoms with Gasteiger partial charge in [0, 0.05) is 17.2 Å². The molecule has 1 aromatic rings. The number of rotatable bonds is 2. The zero-order valence-corrected chi connectivity index (χ0v) is 7.75. The highest BCUT2D eigenvalue weighted by Crippen LogP contribution is 2.29. The van der Waals surface area contributed by atoms with Crippen molar-refractivity contribution in [2.75, 3.05) is 0 Å². The smallest absolute Gasteiger partial charge is 0.258 e. The van der Waals surface area contributed by atoms with Gasteiger partial charge in [-0.25, -0.2) is 8.78 Å². The van der Waals surface area contributed by atoms with Crippen molar-refractivity contribution in [3.63, 3.8) is 0 Å². The topological polar surface area (TPSA) is 43.1 Å². The van der Waals surface area contributed by atoms with Crippen molar-refractivity contribution in [3.05, 3.63) is 38.9 Å². The summed E-state index contributed by atoms with van der Waals surface area (Å²) in [4.78, 5) is 9.82. The number of benzene rings is 1. The summed E-state index contributed by atoms with van der Waals surface area (Å²) in [5.74, 6) is 0. The Morgan fingerprint density at radius 3 is 2.29 bits per heavy atom. The van der Waals surface area contributed by atoms with Gasteiger partial charge >= 0.3 is 0 Å². The molecule has 0 N–H and O–H groups in total. The highest BCUT2D eigenvalue weighted by Gasteiger charge is 2.18. The maximum Gasteiger partial charge on any atom is 0.272 e. The number of alkyl halides is 2. The SMILES string of the molecule is Cc1cc(C)c([N+](=O)[O-])cc1C(F)F. The fourth-order valence-electron chi connectivity index (χ4n) is 1.29. The average molecular weight is 201 g/mol. The number of nitro benzene ring substituents is 1. The van der Waals surface area contributed by atoms with Gasteiger partial charge in [0.25, 0.3) is 12.1 Å². The third kappa shape index (κ3) is 1.86. The van der Waals surface area contributed by atoms with E-state index in [-0.39, 0.29) is 11.3 Å². The van der Waals surface area contributed by atoms with Crippen LogP contribution in [0.1, 0.15) is 23.1 Å². The van der Waals surface area contributed by atoms with Crippen LogP contribution in [-0.4, -0.2) is 4.92 Å². The lowest BCUT2D eigenvalue weighted by Crippen LogP contribution is -1.97. The second kappa shape index (κ2) is 3.69. The van der Waals surface area contributed by atoms with Crippen LogP contribution in [0.3, 0.4) is 0 Å². The van der Waals surface area contributed by atoms with Crippen molar-refractivity contribution in [2.24, 2.45) is 0 Å². The summed E-state index contributed by atoms with van der Waals surface area (Å²) < 4.78 is 24.8. The minimum atomic E-state index is -2.67. The van der Waals surface area contributed by atoms with Gasteiger partial charge in [0.2, 0.25) is 0 Å². The predicted octanol–water partition coefficient (Wildman–Crippen LogP) is 3.15. The molecule has 0 radical (unpaired) electrons. The molecule has 76 valence electrons. The molecule has 0 saturated heterocycles. The number of halogens is 2. The van der Waals surface area contributed by atoms with Gasteiger partial charge in [-0.2, -0.15) is 0 Å². The van der Waals surface area contributed by atoms with E-state index in [2.05, 4.69) is 0 Å². The summed E-state index contributed by atoms with van der Waals surface area (Å²) in [5.41, 5.74) is 0.244. The Morgan fingerprint density at radius 1 is 1.29 bits per heavy atom. The largest absolute Gasteiger partial charge is 0.272 e. The number of aryl methyl sites for hydroxylation is 2. The molecule has 0 saturated carbocycles. The number of nitrogens with zero attached hydrogens (tertiary/aromatic N) is 1. The van der Waals surface area contributed by atoms with Gasteiger partial charge in [0.1, 0.15) is 0 Å². The Bertz CT molecular complexity index is 377. The summed E-state index contributed by atoms with van der Waals surface area (Å²) in [5, 5.41) is 10.5. The lowest BCUT2D eigenvalue weighted by atomic mass is 10.0. The van der Waals surface area contributed by atoms with Crippen LogP contribution < -0.4 is 0 Å². The molecule has 1 aromatic carbocycles. The van der Waals surface area contributed by atoms with Gasteiger partial charge in [0.05, 0.1) is 4.92 Å². The molecule has 0 aromatic heterocycles. The highest BCUT2D eigenvalue weighted by atomic mass is 19.3. The molecule has 0 heterocycles. The van der Waals surface area contributed by atoms with Crippen molar-refractivity contribution >= 4 is 5.69 Å². The maximum absolute atomic E-state index is 12.4. The van der Waals surface area contributed by atoms with Crippen LogP contribution in [0.5, 0.6) is 0 Å². The Labute approximate surface area is 79.5 Å². The molecule has 1 rings (SSSR count). The zero-order valence-electron chi connectivity index (χ0n) is 7.75. The Morgan fingerprint density at radius 2 is 1.86 bits per heavy atom. The van der Waals surface area contributed by atoms with E-state index in [0.29, 0.717) is 11.1 Å². The van der Waals surface area contributed by atoms with Crippen LogP contribution in [0.2, 0.25) is 0 Å². The van der Waals surface area contributed by atoms with E-state index in [0.717, 1.165) is 6.07 Å². The van der Waals surface area contributed by atoms with Crippen molar-refractivity contribution in [2.45, 2.75) is 20.3 Å². The molecule has 0 bridgehead atoms. The molecule has 0 unspecified atom stereocenters.